The standard InChI is InChI=1S/C19H30O2/c1-18-9-7-13(20)11-12(18)3-4-14-15-5-6-17(21)19(15,2)10-8-16(14)18/h12-16,20H,3-11H2,1-2H3/t12-,13+,14+,15+,16+,18+,19+/m1/s1. The van der Waals surface area contributed by atoms with Crippen LogP contribution < -0.4 is 0 Å². The topological polar surface area (TPSA) is 37.3 Å². The van der Waals surface area contributed by atoms with Crippen molar-refractivity contribution in [2.75, 3.05) is 0 Å². The van der Waals surface area contributed by atoms with E-state index in [9.17, 15) is 9.90 Å². The number of aliphatic hydroxyl groups excluding tert-OH is 1. The largest absolute Gasteiger partial charge is 0.393 e. The van der Waals surface area contributed by atoms with Crippen molar-refractivity contribution in [1.82, 2.24) is 0 Å². The van der Waals surface area contributed by atoms with Gasteiger partial charge in [0.1, 0.15) is 5.78 Å². The molecule has 0 aromatic heterocycles. The zero-order valence-electron chi connectivity index (χ0n) is 13.6. The summed E-state index contributed by atoms with van der Waals surface area (Å²) in [7, 11) is 0. The molecule has 4 fully saturated rings. The fourth-order valence-corrected chi connectivity index (χ4v) is 7.01. The lowest BCUT2D eigenvalue weighted by Gasteiger charge is -2.60. The second-order valence-corrected chi connectivity index (χ2v) is 9.00. The minimum absolute atomic E-state index is 0.0124. The average molecular weight is 290 g/mol. The lowest BCUT2D eigenvalue weighted by molar-refractivity contribution is -0.142. The van der Waals surface area contributed by atoms with Crippen molar-refractivity contribution >= 4 is 5.78 Å². The third-order valence-corrected chi connectivity index (χ3v) is 8.35. The summed E-state index contributed by atoms with van der Waals surface area (Å²) >= 11 is 0. The van der Waals surface area contributed by atoms with Crippen LogP contribution >= 0.6 is 0 Å². The number of hydrogen-bond acceptors (Lipinski definition) is 2. The number of carbonyl (C=O) groups excluding carboxylic acids is 1. The van der Waals surface area contributed by atoms with Crippen LogP contribution in [0.1, 0.15) is 71.6 Å². The summed E-state index contributed by atoms with van der Waals surface area (Å²) in [6, 6.07) is 0. The SMILES string of the molecule is C[C@]12CC[C@H](O)C[C@H]1CC[C@@H]1[C@@H]2CC[C@]2(C)C(=O)CC[C@@H]12. The first-order valence-corrected chi connectivity index (χ1v) is 9.16. The van der Waals surface area contributed by atoms with Crippen molar-refractivity contribution in [2.24, 2.45) is 34.5 Å². The van der Waals surface area contributed by atoms with Crippen LogP contribution in [0, 0.1) is 34.5 Å². The fraction of sp³-hybridized carbons (Fsp3) is 0.947. The van der Waals surface area contributed by atoms with E-state index >= 15 is 0 Å². The highest BCUT2D eigenvalue weighted by Crippen LogP contribution is 2.65. The Labute approximate surface area is 128 Å². The van der Waals surface area contributed by atoms with Crippen LogP contribution in [0.15, 0.2) is 0 Å². The van der Waals surface area contributed by atoms with Crippen molar-refractivity contribution in [1.29, 1.82) is 0 Å². The van der Waals surface area contributed by atoms with E-state index in [1.807, 2.05) is 0 Å². The van der Waals surface area contributed by atoms with Gasteiger partial charge in [-0.1, -0.05) is 13.8 Å². The third kappa shape index (κ3) is 1.84. The summed E-state index contributed by atoms with van der Waals surface area (Å²) in [6.07, 6.45) is 10.1. The lowest BCUT2D eigenvalue weighted by atomic mass is 9.45. The van der Waals surface area contributed by atoms with E-state index in [1.165, 1.54) is 25.7 Å². The van der Waals surface area contributed by atoms with E-state index in [2.05, 4.69) is 13.8 Å². The molecular weight excluding hydrogens is 260 g/mol. The molecule has 4 rings (SSSR count). The highest BCUT2D eigenvalue weighted by Gasteiger charge is 2.60. The van der Waals surface area contributed by atoms with Crippen LogP contribution in [0.5, 0.6) is 0 Å². The molecule has 0 aromatic rings. The van der Waals surface area contributed by atoms with Crippen LogP contribution in [-0.4, -0.2) is 17.0 Å². The smallest absolute Gasteiger partial charge is 0.139 e. The molecule has 2 nitrogen and oxygen atoms in total. The summed E-state index contributed by atoms with van der Waals surface area (Å²) in [4.78, 5) is 12.4. The average Bonchev–Trinajstić information content (AvgIpc) is 2.76. The van der Waals surface area contributed by atoms with Crippen LogP contribution in [0.3, 0.4) is 0 Å². The van der Waals surface area contributed by atoms with Crippen molar-refractivity contribution in [2.45, 2.75) is 77.7 Å². The van der Waals surface area contributed by atoms with Gasteiger partial charge in [-0.05, 0) is 80.5 Å². The minimum atomic E-state index is -0.0541. The Balaban J connectivity index is 1.64. The van der Waals surface area contributed by atoms with Gasteiger partial charge in [-0.25, -0.2) is 0 Å². The fourth-order valence-electron chi connectivity index (χ4n) is 7.01. The lowest BCUT2D eigenvalue weighted by Crippen LogP contribution is -2.54. The Morgan fingerprint density at radius 1 is 1.00 bits per heavy atom. The maximum absolute atomic E-state index is 12.4. The molecule has 0 spiro atoms. The van der Waals surface area contributed by atoms with Crippen molar-refractivity contribution in [3.05, 3.63) is 0 Å². The van der Waals surface area contributed by atoms with E-state index in [-0.39, 0.29) is 11.5 Å². The first-order valence-electron chi connectivity index (χ1n) is 9.16. The van der Waals surface area contributed by atoms with Gasteiger partial charge in [-0.2, -0.15) is 0 Å². The van der Waals surface area contributed by atoms with Crippen molar-refractivity contribution in [3.8, 4) is 0 Å². The summed E-state index contributed by atoms with van der Waals surface area (Å²) in [5, 5.41) is 10.0. The van der Waals surface area contributed by atoms with Gasteiger partial charge in [0.2, 0.25) is 0 Å². The second kappa shape index (κ2) is 4.57. The number of aliphatic hydroxyl groups is 1. The third-order valence-electron chi connectivity index (χ3n) is 8.35. The Kier molecular flexibility index (Phi) is 3.10. The molecule has 7 atom stereocenters. The van der Waals surface area contributed by atoms with Gasteiger partial charge in [-0.3, -0.25) is 4.79 Å². The van der Waals surface area contributed by atoms with Gasteiger partial charge < -0.3 is 5.11 Å². The van der Waals surface area contributed by atoms with Crippen LogP contribution in [0.25, 0.3) is 0 Å². The number of ketones is 1. The molecule has 118 valence electrons. The maximum atomic E-state index is 12.4. The van der Waals surface area contributed by atoms with Gasteiger partial charge in [0.15, 0.2) is 0 Å². The molecule has 21 heavy (non-hydrogen) atoms. The van der Waals surface area contributed by atoms with E-state index in [0.717, 1.165) is 49.9 Å². The molecule has 4 aliphatic carbocycles. The predicted octanol–water partition coefficient (Wildman–Crippen LogP) is 3.96. The molecule has 0 heterocycles. The van der Waals surface area contributed by atoms with E-state index < -0.39 is 0 Å². The summed E-state index contributed by atoms with van der Waals surface area (Å²) in [6.45, 7) is 4.78. The monoisotopic (exact) mass is 290 g/mol. The number of rotatable bonds is 0. The molecule has 2 heteroatoms. The van der Waals surface area contributed by atoms with Gasteiger partial charge in [0.25, 0.3) is 0 Å². The second-order valence-electron chi connectivity index (χ2n) is 9.00. The maximum Gasteiger partial charge on any atom is 0.139 e. The van der Waals surface area contributed by atoms with Gasteiger partial charge in [0.05, 0.1) is 6.10 Å². The normalized spacial score (nSPS) is 56.5. The van der Waals surface area contributed by atoms with E-state index in [4.69, 9.17) is 0 Å². The Bertz CT molecular complexity index is 458. The van der Waals surface area contributed by atoms with Crippen LogP contribution in [-0.2, 0) is 4.79 Å². The highest BCUT2D eigenvalue weighted by atomic mass is 16.3. The van der Waals surface area contributed by atoms with Crippen molar-refractivity contribution < 1.29 is 9.90 Å². The first kappa shape index (κ1) is 14.2. The Morgan fingerprint density at radius 3 is 2.62 bits per heavy atom. The summed E-state index contributed by atoms with van der Waals surface area (Å²) in [5.41, 5.74) is 0.452. The predicted molar refractivity (Wildman–Crippen MR) is 82.7 cm³/mol. The quantitative estimate of drug-likeness (QED) is 0.733. The minimum Gasteiger partial charge on any atom is -0.393 e. The molecule has 0 aromatic carbocycles. The molecule has 0 amide bonds. The zero-order chi connectivity index (χ0) is 14.8. The van der Waals surface area contributed by atoms with Crippen LogP contribution in [0.2, 0.25) is 0 Å². The van der Waals surface area contributed by atoms with Gasteiger partial charge >= 0.3 is 0 Å². The summed E-state index contributed by atoms with van der Waals surface area (Å²) in [5.74, 6) is 3.54. The van der Waals surface area contributed by atoms with E-state index in [1.54, 1.807) is 0 Å². The van der Waals surface area contributed by atoms with Crippen molar-refractivity contribution in [3.63, 3.8) is 0 Å². The molecule has 0 aliphatic heterocycles. The molecule has 0 radical (unpaired) electrons. The number of Topliss-reactive ketones (excluding diaryl/α,β-unsaturated/α-hetero) is 1. The van der Waals surface area contributed by atoms with Crippen LogP contribution in [0.4, 0.5) is 0 Å². The zero-order valence-corrected chi connectivity index (χ0v) is 13.6. The number of fused-ring (bicyclic) bond motifs is 5. The van der Waals surface area contributed by atoms with E-state index in [0.29, 0.717) is 17.1 Å². The van der Waals surface area contributed by atoms with Gasteiger partial charge in [0, 0.05) is 11.8 Å². The Morgan fingerprint density at radius 2 is 1.81 bits per heavy atom. The molecule has 0 unspecified atom stereocenters. The number of carbonyl (C=O) groups is 1. The molecule has 0 bridgehead atoms. The first-order chi connectivity index (χ1) is 9.95. The molecular formula is C19H30O2. The molecule has 4 aliphatic rings. The summed E-state index contributed by atoms with van der Waals surface area (Å²) < 4.78 is 0. The van der Waals surface area contributed by atoms with Gasteiger partial charge in [-0.15, -0.1) is 0 Å². The highest BCUT2D eigenvalue weighted by molar-refractivity contribution is 5.87. The number of hydrogen-bond donors (Lipinski definition) is 1. The molecule has 1 N–H and O–H groups in total. The Hall–Kier alpha value is -0.370. The molecule has 4 saturated carbocycles. The molecule has 0 saturated heterocycles.